The fraction of sp³-hybridized carbons (Fsp3) is 0.400. The number of halogens is 1. The lowest BCUT2D eigenvalue weighted by atomic mass is 10.5. The summed E-state index contributed by atoms with van der Waals surface area (Å²) in [6, 6.07) is 0. The third kappa shape index (κ3) is 1.41. The number of nitrogens with zero attached hydrogens (tertiary/aromatic N) is 1. The Morgan fingerprint density at radius 3 is 2.67 bits per heavy atom. The Hall–Kier alpha value is -0.120. The molecule has 0 aliphatic heterocycles. The molecule has 1 aromatic heterocycles. The van der Waals surface area contributed by atoms with Gasteiger partial charge in [-0.15, -0.1) is 11.3 Å². The van der Waals surface area contributed by atoms with Gasteiger partial charge in [0.1, 0.15) is 4.34 Å². The largest absolute Gasteiger partial charge is 0.325 e. The van der Waals surface area contributed by atoms with E-state index in [1.807, 2.05) is 6.92 Å². The van der Waals surface area contributed by atoms with Crippen molar-refractivity contribution < 1.29 is 0 Å². The van der Waals surface area contributed by atoms with Gasteiger partial charge >= 0.3 is 0 Å². The maximum atomic E-state index is 5.72. The van der Waals surface area contributed by atoms with Gasteiger partial charge in [0.15, 0.2) is 0 Å². The minimum atomic E-state index is 0.434. The van der Waals surface area contributed by atoms with Crippen LogP contribution in [-0.4, -0.2) is 4.98 Å². The van der Waals surface area contributed by atoms with Crippen LogP contribution in [0, 0.1) is 6.92 Å². The predicted molar refractivity (Wildman–Crippen MR) is 39.8 cm³/mol. The summed E-state index contributed by atoms with van der Waals surface area (Å²) in [5.74, 6) is 0. The SMILES string of the molecule is Cc1nc(CN)c(Cl)s1. The normalized spacial score (nSPS) is 10.1. The van der Waals surface area contributed by atoms with Gasteiger partial charge in [0.2, 0.25) is 0 Å². The molecule has 0 fully saturated rings. The van der Waals surface area contributed by atoms with E-state index in [2.05, 4.69) is 4.98 Å². The molecule has 0 atom stereocenters. The number of hydrogen-bond acceptors (Lipinski definition) is 3. The molecule has 0 saturated carbocycles. The summed E-state index contributed by atoms with van der Waals surface area (Å²) >= 11 is 7.19. The molecular weight excluding hydrogens is 156 g/mol. The summed E-state index contributed by atoms with van der Waals surface area (Å²) in [6.45, 7) is 2.35. The Bertz CT molecular complexity index is 209. The topological polar surface area (TPSA) is 38.9 Å². The first-order chi connectivity index (χ1) is 4.24. The molecular formula is C5H7ClN2S. The molecule has 2 nitrogen and oxygen atoms in total. The lowest BCUT2D eigenvalue weighted by Crippen LogP contribution is -1.96. The number of aryl methyl sites for hydroxylation is 1. The van der Waals surface area contributed by atoms with Gasteiger partial charge in [-0.25, -0.2) is 4.98 Å². The van der Waals surface area contributed by atoms with Gasteiger partial charge in [-0.3, -0.25) is 0 Å². The molecule has 1 heterocycles. The third-order valence-corrected chi connectivity index (χ3v) is 2.20. The first kappa shape index (κ1) is 6.99. The van der Waals surface area contributed by atoms with Gasteiger partial charge in [-0.1, -0.05) is 11.6 Å². The van der Waals surface area contributed by atoms with Crippen LogP contribution in [0.2, 0.25) is 4.34 Å². The van der Waals surface area contributed by atoms with Crippen molar-refractivity contribution in [2.24, 2.45) is 5.73 Å². The van der Waals surface area contributed by atoms with E-state index in [0.29, 0.717) is 6.54 Å². The minimum absolute atomic E-state index is 0.434. The highest BCUT2D eigenvalue weighted by Gasteiger charge is 2.02. The maximum absolute atomic E-state index is 5.72. The van der Waals surface area contributed by atoms with E-state index in [1.54, 1.807) is 0 Å². The van der Waals surface area contributed by atoms with Crippen LogP contribution in [0.15, 0.2) is 0 Å². The molecule has 0 spiro atoms. The Morgan fingerprint density at radius 2 is 2.44 bits per heavy atom. The van der Waals surface area contributed by atoms with Gasteiger partial charge in [0, 0.05) is 6.54 Å². The average Bonchev–Trinajstić information content (AvgIpc) is 2.10. The van der Waals surface area contributed by atoms with E-state index < -0.39 is 0 Å². The number of aromatic nitrogens is 1. The summed E-state index contributed by atoms with van der Waals surface area (Å²) in [5.41, 5.74) is 6.13. The van der Waals surface area contributed by atoms with Crippen molar-refractivity contribution in [1.29, 1.82) is 0 Å². The highest BCUT2D eigenvalue weighted by Crippen LogP contribution is 2.22. The number of nitrogens with two attached hydrogens (primary N) is 1. The van der Waals surface area contributed by atoms with Gasteiger partial charge < -0.3 is 5.73 Å². The van der Waals surface area contributed by atoms with E-state index in [1.165, 1.54) is 11.3 Å². The van der Waals surface area contributed by atoms with Crippen molar-refractivity contribution in [3.05, 3.63) is 15.0 Å². The third-order valence-electron chi connectivity index (χ3n) is 0.950. The summed E-state index contributed by atoms with van der Waals surface area (Å²) < 4.78 is 0.718. The molecule has 4 heteroatoms. The Kier molecular flexibility index (Phi) is 2.05. The smallest absolute Gasteiger partial charge is 0.117 e. The first-order valence-electron chi connectivity index (χ1n) is 2.56. The highest BCUT2D eigenvalue weighted by atomic mass is 35.5. The predicted octanol–water partition coefficient (Wildman–Crippen LogP) is 1.56. The Morgan fingerprint density at radius 1 is 1.78 bits per heavy atom. The number of thiazole rings is 1. The first-order valence-corrected chi connectivity index (χ1v) is 3.75. The van der Waals surface area contributed by atoms with Crippen LogP contribution < -0.4 is 5.73 Å². The molecule has 50 valence electrons. The molecule has 0 bridgehead atoms. The summed E-state index contributed by atoms with van der Waals surface area (Å²) in [4.78, 5) is 4.09. The van der Waals surface area contributed by atoms with E-state index in [-0.39, 0.29) is 0 Å². The lowest BCUT2D eigenvalue weighted by molar-refractivity contribution is 0.999. The summed E-state index contributed by atoms with van der Waals surface area (Å²) in [6.07, 6.45) is 0. The van der Waals surface area contributed by atoms with Crippen LogP contribution in [0.3, 0.4) is 0 Å². The van der Waals surface area contributed by atoms with Gasteiger partial charge in [0.25, 0.3) is 0 Å². The molecule has 9 heavy (non-hydrogen) atoms. The molecule has 0 saturated heterocycles. The number of hydrogen-bond donors (Lipinski definition) is 1. The quantitative estimate of drug-likeness (QED) is 0.681. The van der Waals surface area contributed by atoms with Crippen molar-refractivity contribution in [2.75, 3.05) is 0 Å². The van der Waals surface area contributed by atoms with Crippen LogP contribution in [0.5, 0.6) is 0 Å². The lowest BCUT2D eigenvalue weighted by Gasteiger charge is -1.84. The monoisotopic (exact) mass is 162 g/mol. The zero-order valence-corrected chi connectivity index (χ0v) is 6.59. The van der Waals surface area contributed by atoms with E-state index >= 15 is 0 Å². The van der Waals surface area contributed by atoms with Crippen molar-refractivity contribution in [3.8, 4) is 0 Å². The summed E-state index contributed by atoms with van der Waals surface area (Å²) in [7, 11) is 0. The second kappa shape index (κ2) is 2.64. The van der Waals surface area contributed by atoms with Crippen LogP contribution in [0.1, 0.15) is 10.7 Å². The molecule has 0 aliphatic rings. The van der Waals surface area contributed by atoms with E-state index in [9.17, 15) is 0 Å². The molecule has 0 aliphatic carbocycles. The molecule has 1 aromatic rings. The van der Waals surface area contributed by atoms with Crippen molar-refractivity contribution in [1.82, 2.24) is 4.98 Å². The van der Waals surface area contributed by atoms with E-state index in [0.717, 1.165) is 15.0 Å². The van der Waals surface area contributed by atoms with Crippen molar-refractivity contribution in [3.63, 3.8) is 0 Å². The minimum Gasteiger partial charge on any atom is -0.325 e. The molecule has 0 unspecified atom stereocenters. The fourth-order valence-corrected chi connectivity index (χ4v) is 1.69. The van der Waals surface area contributed by atoms with Gasteiger partial charge in [0.05, 0.1) is 10.7 Å². The van der Waals surface area contributed by atoms with Gasteiger partial charge in [-0.2, -0.15) is 0 Å². The standard InChI is InChI=1S/C5H7ClN2S/c1-3-8-4(2-7)5(6)9-3/h2,7H2,1H3. The zero-order chi connectivity index (χ0) is 6.85. The van der Waals surface area contributed by atoms with Crippen molar-refractivity contribution in [2.45, 2.75) is 13.5 Å². The van der Waals surface area contributed by atoms with Crippen LogP contribution >= 0.6 is 22.9 Å². The molecule has 0 amide bonds. The molecule has 2 N–H and O–H groups in total. The Labute approximate surface area is 62.7 Å². The maximum Gasteiger partial charge on any atom is 0.117 e. The molecule has 0 radical (unpaired) electrons. The number of rotatable bonds is 1. The van der Waals surface area contributed by atoms with Crippen LogP contribution in [0.25, 0.3) is 0 Å². The average molecular weight is 163 g/mol. The highest BCUT2D eigenvalue weighted by molar-refractivity contribution is 7.15. The van der Waals surface area contributed by atoms with Crippen LogP contribution in [-0.2, 0) is 6.54 Å². The van der Waals surface area contributed by atoms with Crippen LogP contribution in [0.4, 0.5) is 0 Å². The van der Waals surface area contributed by atoms with E-state index in [4.69, 9.17) is 17.3 Å². The zero-order valence-electron chi connectivity index (χ0n) is 5.02. The fourth-order valence-electron chi connectivity index (χ4n) is 0.571. The molecule has 0 aromatic carbocycles. The second-order valence-corrected chi connectivity index (χ2v) is 3.46. The molecule has 1 rings (SSSR count). The van der Waals surface area contributed by atoms with Gasteiger partial charge in [-0.05, 0) is 6.92 Å². The Balaban J connectivity index is 3.01. The second-order valence-electron chi connectivity index (χ2n) is 1.66. The van der Waals surface area contributed by atoms with Crippen molar-refractivity contribution >= 4 is 22.9 Å². The summed E-state index contributed by atoms with van der Waals surface area (Å²) in [5, 5.41) is 0.973.